The standard InChI is InChI=1S/C17H26N2O2S/c1-17(2,16(20)18-3)11-19-14-6-5-9-22-15-8-7-12(21-4)10-13(14)15/h7-8,10,14,19H,5-6,9,11H2,1-4H3,(H,18,20)/t14-/m0/s1. The third kappa shape index (κ3) is 3.96. The zero-order chi connectivity index (χ0) is 16.2. The smallest absolute Gasteiger partial charge is 0.226 e. The Bertz CT molecular complexity index is 531. The van der Waals surface area contributed by atoms with Gasteiger partial charge in [-0.3, -0.25) is 4.79 Å². The SMILES string of the molecule is CNC(=O)C(C)(C)CN[C@H]1CCCSc2ccc(OC)cc21. The molecule has 0 saturated heterocycles. The van der Waals surface area contributed by atoms with E-state index < -0.39 is 5.41 Å². The molecule has 0 unspecified atom stereocenters. The van der Waals surface area contributed by atoms with Crippen molar-refractivity contribution < 1.29 is 9.53 Å². The second-order valence-electron chi connectivity index (χ2n) is 6.29. The van der Waals surface area contributed by atoms with E-state index in [0.29, 0.717) is 6.54 Å². The zero-order valence-corrected chi connectivity index (χ0v) is 14.7. The van der Waals surface area contributed by atoms with Gasteiger partial charge in [-0.1, -0.05) is 0 Å². The Morgan fingerprint density at radius 3 is 2.91 bits per heavy atom. The van der Waals surface area contributed by atoms with Crippen LogP contribution in [0.3, 0.4) is 0 Å². The first-order valence-electron chi connectivity index (χ1n) is 7.74. The lowest BCUT2D eigenvalue weighted by molar-refractivity contribution is -0.128. The average Bonchev–Trinajstić information content (AvgIpc) is 2.73. The first-order valence-corrected chi connectivity index (χ1v) is 8.73. The van der Waals surface area contributed by atoms with E-state index in [0.717, 1.165) is 17.9 Å². The largest absolute Gasteiger partial charge is 0.497 e. The number of hydrogen-bond acceptors (Lipinski definition) is 4. The molecule has 0 saturated carbocycles. The third-order valence-corrected chi connectivity index (χ3v) is 5.29. The Morgan fingerprint density at radius 2 is 2.23 bits per heavy atom. The maximum Gasteiger partial charge on any atom is 0.226 e. The highest BCUT2D eigenvalue weighted by Gasteiger charge is 2.28. The summed E-state index contributed by atoms with van der Waals surface area (Å²) < 4.78 is 5.37. The molecule has 0 fully saturated rings. The summed E-state index contributed by atoms with van der Waals surface area (Å²) >= 11 is 1.90. The van der Waals surface area contributed by atoms with Crippen LogP contribution in [0.4, 0.5) is 0 Å². The summed E-state index contributed by atoms with van der Waals surface area (Å²) in [5.41, 5.74) is 0.863. The van der Waals surface area contributed by atoms with Gasteiger partial charge in [0.2, 0.25) is 5.91 Å². The molecule has 1 aliphatic heterocycles. The fourth-order valence-corrected chi connectivity index (χ4v) is 3.75. The maximum atomic E-state index is 11.9. The predicted molar refractivity (Wildman–Crippen MR) is 91.5 cm³/mol. The lowest BCUT2D eigenvalue weighted by Crippen LogP contribution is -2.43. The molecular formula is C17H26N2O2S. The van der Waals surface area contributed by atoms with Crippen molar-refractivity contribution in [2.75, 3.05) is 26.5 Å². The highest BCUT2D eigenvalue weighted by molar-refractivity contribution is 7.99. The molecule has 0 aliphatic carbocycles. The van der Waals surface area contributed by atoms with Crippen LogP contribution >= 0.6 is 11.8 Å². The lowest BCUT2D eigenvalue weighted by Gasteiger charge is -2.27. The molecule has 122 valence electrons. The van der Waals surface area contributed by atoms with E-state index in [-0.39, 0.29) is 11.9 Å². The van der Waals surface area contributed by atoms with Crippen LogP contribution in [0.15, 0.2) is 23.1 Å². The summed E-state index contributed by atoms with van der Waals surface area (Å²) in [6.07, 6.45) is 2.25. The molecule has 0 spiro atoms. The lowest BCUT2D eigenvalue weighted by atomic mass is 9.91. The first-order chi connectivity index (χ1) is 10.5. The molecule has 1 atom stereocenters. The molecule has 1 aromatic carbocycles. The molecule has 1 amide bonds. The van der Waals surface area contributed by atoms with E-state index in [1.807, 2.05) is 31.7 Å². The van der Waals surface area contributed by atoms with Crippen molar-refractivity contribution >= 4 is 17.7 Å². The van der Waals surface area contributed by atoms with Crippen molar-refractivity contribution in [1.29, 1.82) is 0 Å². The fourth-order valence-electron chi connectivity index (χ4n) is 2.69. The van der Waals surface area contributed by atoms with E-state index in [4.69, 9.17) is 4.74 Å². The fraction of sp³-hybridized carbons (Fsp3) is 0.588. The topological polar surface area (TPSA) is 50.4 Å². The van der Waals surface area contributed by atoms with Gasteiger partial charge in [-0.2, -0.15) is 0 Å². The quantitative estimate of drug-likeness (QED) is 0.875. The molecule has 22 heavy (non-hydrogen) atoms. The predicted octanol–water partition coefficient (Wildman–Crippen LogP) is 2.98. The summed E-state index contributed by atoms with van der Waals surface area (Å²) in [4.78, 5) is 13.3. The number of carbonyl (C=O) groups is 1. The number of methoxy groups -OCH3 is 1. The average molecular weight is 322 g/mol. The third-order valence-electron chi connectivity index (χ3n) is 4.12. The Hall–Kier alpha value is -1.20. The van der Waals surface area contributed by atoms with E-state index in [1.165, 1.54) is 16.9 Å². The van der Waals surface area contributed by atoms with Crippen LogP contribution in [0.2, 0.25) is 0 Å². The molecule has 5 heteroatoms. The second kappa shape index (κ2) is 7.38. The Kier molecular flexibility index (Phi) is 5.75. The summed E-state index contributed by atoms with van der Waals surface area (Å²) in [6, 6.07) is 6.55. The number of fused-ring (bicyclic) bond motifs is 1. The van der Waals surface area contributed by atoms with Gasteiger partial charge in [0.1, 0.15) is 5.75 Å². The van der Waals surface area contributed by atoms with Gasteiger partial charge in [-0.25, -0.2) is 0 Å². The van der Waals surface area contributed by atoms with Gasteiger partial charge < -0.3 is 15.4 Å². The van der Waals surface area contributed by atoms with Crippen LogP contribution in [-0.4, -0.2) is 32.4 Å². The number of carbonyl (C=O) groups excluding carboxylic acids is 1. The summed E-state index contributed by atoms with van der Waals surface area (Å²) in [6.45, 7) is 4.59. The van der Waals surface area contributed by atoms with Gasteiger partial charge in [0, 0.05) is 24.5 Å². The molecule has 0 radical (unpaired) electrons. The molecule has 0 bridgehead atoms. The minimum Gasteiger partial charge on any atom is -0.497 e. The number of ether oxygens (including phenoxy) is 1. The molecule has 1 aliphatic rings. The van der Waals surface area contributed by atoms with Crippen molar-refractivity contribution in [2.45, 2.75) is 37.6 Å². The maximum absolute atomic E-state index is 11.9. The summed E-state index contributed by atoms with van der Waals surface area (Å²) in [5, 5.41) is 6.33. The van der Waals surface area contributed by atoms with Crippen LogP contribution in [0, 0.1) is 5.41 Å². The minimum absolute atomic E-state index is 0.0638. The molecule has 1 aromatic rings. The number of rotatable bonds is 5. The van der Waals surface area contributed by atoms with Crippen LogP contribution in [-0.2, 0) is 4.79 Å². The van der Waals surface area contributed by atoms with Crippen molar-refractivity contribution in [3.8, 4) is 5.75 Å². The van der Waals surface area contributed by atoms with Crippen LogP contribution in [0.1, 0.15) is 38.3 Å². The van der Waals surface area contributed by atoms with Crippen molar-refractivity contribution in [2.24, 2.45) is 5.41 Å². The number of thioether (sulfide) groups is 1. The molecule has 0 aromatic heterocycles. The summed E-state index contributed by atoms with van der Waals surface area (Å²) in [7, 11) is 3.38. The van der Waals surface area contributed by atoms with Gasteiger partial charge in [-0.05, 0) is 56.2 Å². The van der Waals surface area contributed by atoms with Crippen LogP contribution in [0.25, 0.3) is 0 Å². The minimum atomic E-state index is -0.423. The molecular weight excluding hydrogens is 296 g/mol. The van der Waals surface area contributed by atoms with Gasteiger partial charge in [0.25, 0.3) is 0 Å². The van der Waals surface area contributed by atoms with Crippen molar-refractivity contribution in [1.82, 2.24) is 10.6 Å². The van der Waals surface area contributed by atoms with Gasteiger partial charge in [0.05, 0.1) is 12.5 Å². The highest BCUT2D eigenvalue weighted by atomic mass is 32.2. The normalized spacial score (nSPS) is 18.3. The van der Waals surface area contributed by atoms with Crippen LogP contribution < -0.4 is 15.4 Å². The number of hydrogen-bond donors (Lipinski definition) is 2. The summed E-state index contributed by atoms with van der Waals surface area (Å²) in [5.74, 6) is 2.09. The Labute approximate surface area is 137 Å². The van der Waals surface area contributed by atoms with Gasteiger partial charge in [-0.15, -0.1) is 11.8 Å². The first kappa shape index (κ1) is 17.2. The van der Waals surface area contributed by atoms with Crippen LogP contribution in [0.5, 0.6) is 5.75 Å². The molecule has 2 rings (SSSR count). The van der Waals surface area contributed by atoms with E-state index >= 15 is 0 Å². The second-order valence-corrected chi connectivity index (χ2v) is 7.43. The molecule has 1 heterocycles. The van der Waals surface area contributed by atoms with E-state index in [9.17, 15) is 4.79 Å². The Balaban J connectivity index is 2.16. The van der Waals surface area contributed by atoms with Crippen molar-refractivity contribution in [3.63, 3.8) is 0 Å². The molecule has 4 nitrogen and oxygen atoms in total. The number of benzene rings is 1. The number of amides is 1. The van der Waals surface area contributed by atoms with Gasteiger partial charge in [0.15, 0.2) is 0 Å². The van der Waals surface area contributed by atoms with Crippen molar-refractivity contribution in [3.05, 3.63) is 23.8 Å². The Morgan fingerprint density at radius 1 is 1.45 bits per heavy atom. The highest BCUT2D eigenvalue weighted by Crippen LogP contribution is 2.37. The molecule has 2 N–H and O–H groups in total. The van der Waals surface area contributed by atoms with E-state index in [1.54, 1.807) is 14.2 Å². The zero-order valence-electron chi connectivity index (χ0n) is 13.9. The number of nitrogens with one attached hydrogen (secondary N) is 2. The van der Waals surface area contributed by atoms with Gasteiger partial charge >= 0.3 is 0 Å². The monoisotopic (exact) mass is 322 g/mol. The van der Waals surface area contributed by atoms with E-state index in [2.05, 4.69) is 22.8 Å².